The van der Waals surface area contributed by atoms with Crippen LogP contribution in [-0.2, 0) is 9.59 Å². The molecule has 0 aliphatic carbocycles. The van der Waals surface area contributed by atoms with Crippen molar-refractivity contribution in [3.05, 3.63) is 0 Å². The summed E-state index contributed by atoms with van der Waals surface area (Å²) in [5.41, 5.74) is 0. The summed E-state index contributed by atoms with van der Waals surface area (Å²) in [6, 6.07) is 0.0512. The number of thioether (sulfide) groups is 1. The highest BCUT2D eigenvalue weighted by atomic mass is 32.2. The maximum absolute atomic E-state index is 12.4. The Morgan fingerprint density at radius 1 is 1.47 bits per heavy atom. The first-order chi connectivity index (χ1) is 8.82. The highest BCUT2D eigenvalue weighted by Crippen LogP contribution is 2.36. The Morgan fingerprint density at radius 2 is 2.11 bits per heavy atom. The van der Waals surface area contributed by atoms with Gasteiger partial charge in [0.2, 0.25) is 11.8 Å². The van der Waals surface area contributed by atoms with Gasteiger partial charge in [-0.3, -0.25) is 14.5 Å². The number of imide groups is 1. The molecule has 0 N–H and O–H groups in total. The van der Waals surface area contributed by atoms with Crippen LogP contribution in [0.5, 0.6) is 0 Å². The quantitative estimate of drug-likeness (QED) is 0.531. The largest absolute Gasteiger partial charge is 0.279 e. The summed E-state index contributed by atoms with van der Waals surface area (Å²) in [6.07, 6.45) is 4.46. The molecule has 2 unspecified atom stereocenters. The van der Waals surface area contributed by atoms with E-state index >= 15 is 0 Å². The molecular weight excluding hydrogens is 257 g/mol. The number of likely N-dealkylation sites (tertiary alicyclic amines) is 1. The molecule has 0 aromatic carbocycles. The van der Waals surface area contributed by atoms with Crippen molar-refractivity contribution in [2.45, 2.75) is 75.7 Å². The van der Waals surface area contributed by atoms with Crippen molar-refractivity contribution in [3.8, 4) is 0 Å². The number of amides is 2. The van der Waals surface area contributed by atoms with E-state index in [-0.39, 0.29) is 27.8 Å². The summed E-state index contributed by atoms with van der Waals surface area (Å²) in [5.74, 6) is 0.0399. The normalized spacial score (nSPS) is 24.6. The predicted octanol–water partition coefficient (Wildman–Crippen LogP) is 2.19. The van der Waals surface area contributed by atoms with Gasteiger partial charge in [0.1, 0.15) is 7.85 Å². The Kier molecular flexibility index (Phi) is 5.96. The summed E-state index contributed by atoms with van der Waals surface area (Å²) in [4.78, 5) is 26.0. The first-order valence-corrected chi connectivity index (χ1v) is 8.24. The molecule has 0 aromatic heterocycles. The Morgan fingerprint density at radius 3 is 2.63 bits per heavy atom. The Bertz CT molecular complexity index is 346. The van der Waals surface area contributed by atoms with Gasteiger partial charge in [0.25, 0.3) is 0 Å². The lowest BCUT2D eigenvalue weighted by atomic mass is 9.86. The molecule has 0 saturated carbocycles. The highest BCUT2D eigenvalue weighted by Gasteiger charge is 2.42. The lowest BCUT2D eigenvalue weighted by Crippen LogP contribution is -2.39. The molecule has 0 radical (unpaired) electrons. The van der Waals surface area contributed by atoms with Gasteiger partial charge in [-0.25, -0.2) is 0 Å². The zero-order valence-corrected chi connectivity index (χ0v) is 13.7. The van der Waals surface area contributed by atoms with Crippen LogP contribution in [0.4, 0.5) is 0 Å². The molecule has 3 nitrogen and oxygen atoms in total. The molecule has 1 fully saturated rings. The molecular formula is C14H26BNO2S. The van der Waals surface area contributed by atoms with Crippen molar-refractivity contribution in [1.29, 1.82) is 0 Å². The number of carbonyl (C=O) groups is 2. The third-order valence-corrected chi connectivity index (χ3v) is 5.45. The van der Waals surface area contributed by atoms with Crippen molar-refractivity contribution < 1.29 is 9.59 Å². The van der Waals surface area contributed by atoms with Crippen LogP contribution in [0, 0.1) is 0 Å². The van der Waals surface area contributed by atoms with E-state index in [0.717, 1.165) is 25.7 Å². The maximum Gasteiger partial charge on any atom is 0.243 e. The van der Waals surface area contributed by atoms with Crippen LogP contribution >= 0.6 is 11.8 Å². The van der Waals surface area contributed by atoms with Crippen LogP contribution in [0.2, 0.25) is 0 Å². The molecule has 0 bridgehead atoms. The molecule has 108 valence electrons. The molecule has 19 heavy (non-hydrogen) atoms. The van der Waals surface area contributed by atoms with E-state index in [4.69, 9.17) is 0 Å². The number of hydrogen-bond acceptors (Lipinski definition) is 3. The van der Waals surface area contributed by atoms with Gasteiger partial charge in [0.05, 0.1) is 5.25 Å². The maximum atomic E-state index is 12.4. The van der Waals surface area contributed by atoms with Crippen LogP contribution in [0.15, 0.2) is 0 Å². The fourth-order valence-corrected chi connectivity index (χ4v) is 3.65. The molecule has 3 atom stereocenters. The van der Waals surface area contributed by atoms with Crippen LogP contribution < -0.4 is 0 Å². The molecule has 1 aliphatic rings. The van der Waals surface area contributed by atoms with E-state index in [1.165, 1.54) is 4.90 Å². The molecule has 1 rings (SSSR count). The van der Waals surface area contributed by atoms with Crippen LogP contribution in [0.25, 0.3) is 0 Å². The van der Waals surface area contributed by atoms with Gasteiger partial charge in [0.15, 0.2) is 0 Å². The van der Waals surface area contributed by atoms with E-state index in [1.54, 1.807) is 11.8 Å². The smallest absolute Gasteiger partial charge is 0.243 e. The first-order valence-electron chi connectivity index (χ1n) is 7.36. The van der Waals surface area contributed by atoms with Gasteiger partial charge in [-0.15, -0.1) is 0 Å². The van der Waals surface area contributed by atoms with Crippen molar-refractivity contribution in [2.75, 3.05) is 0 Å². The molecule has 0 aromatic rings. The van der Waals surface area contributed by atoms with Crippen molar-refractivity contribution in [1.82, 2.24) is 4.90 Å². The van der Waals surface area contributed by atoms with Gasteiger partial charge in [-0.05, 0) is 24.4 Å². The van der Waals surface area contributed by atoms with Crippen LogP contribution in [0.3, 0.4) is 0 Å². The minimum Gasteiger partial charge on any atom is -0.279 e. The van der Waals surface area contributed by atoms with Crippen molar-refractivity contribution >= 4 is 31.4 Å². The summed E-state index contributed by atoms with van der Waals surface area (Å²) in [5, 5.41) is -0.175. The zero-order valence-electron chi connectivity index (χ0n) is 12.9. The molecule has 1 saturated heterocycles. The average molecular weight is 283 g/mol. The molecule has 2 amide bonds. The molecule has 1 aliphatic heterocycles. The number of nitrogens with zero attached hydrogens (tertiary/aromatic N) is 1. The summed E-state index contributed by atoms with van der Waals surface area (Å²) < 4.78 is 0.0588. The van der Waals surface area contributed by atoms with Gasteiger partial charge < -0.3 is 0 Å². The summed E-state index contributed by atoms with van der Waals surface area (Å²) in [6.45, 7) is 8.38. The predicted molar refractivity (Wildman–Crippen MR) is 84.1 cm³/mol. The second-order valence-corrected chi connectivity index (χ2v) is 7.93. The van der Waals surface area contributed by atoms with E-state index in [9.17, 15) is 9.59 Å². The number of carbonyl (C=O) groups excluding carboxylic acids is 2. The fourth-order valence-electron chi connectivity index (χ4n) is 2.27. The summed E-state index contributed by atoms with van der Waals surface area (Å²) >= 11 is 1.65. The van der Waals surface area contributed by atoms with Gasteiger partial charge in [-0.1, -0.05) is 33.6 Å². The minimum absolute atomic E-state index is 0.0120. The first kappa shape index (κ1) is 16.6. The lowest BCUT2D eigenvalue weighted by molar-refractivity contribution is -0.140. The zero-order chi connectivity index (χ0) is 14.6. The average Bonchev–Trinajstić information content (AvgIpc) is 2.61. The molecule has 0 spiro atoms. The lowest BCUT2D eigenvalue weighted by Gasteiger charge is -2.26. The fraction of sp³-hybridized carbons (Fsp3) is 0.857. The number of unbranched alkanes of at least 4 members (excludes halogenated alkanes) is 1. The van der Waals surface area contributed by atoms with Gasteiger partial charge in [0, 0.05) is 12.5 Å². The highest BCUT2D eigenvalue weighted by molar-refractivity contribution is 8.03. The van der Waals surface area contributed by atoms with Crippen LogP contribution in [-0.4, -0.2) is 40.5 Å². The summed E-state index contributed by atoms with van der Waals surface area (Å²) in [7, 11) is 2.14. The Balaban J connectivity index is 2.68. The Hall–Kier alpha value is -0.445. The minimum atomic E-state index is -0.175. The van der Waals surface area contributed by atoms with Crippen molar-refractivity contribution in [2.24, 2.45) is 0 Å². The molecule has 5 heteroatoms. The van der Waals surface area contributed by atoms with E-state index in [1.807, 2.05) is 6.92 Å². The van der Waals surface area contributed by atoms with Crippen LogP contribution in [0.1, 0.15) is 59.8 Å². The Labute approximate surface area is 122 Å². The van der Waals surface area contributed by atoms with Gasteiger partial charge >= 0.3 is 0 Å². The van der Waals surface area contributed by atoms with Gasteiger partial charge in [-0.2, -0.15) is 11.8 Å². The monoisotopic (exact) mass is 283 g/mol. The topological polar surface area (TPSA) is 37.4 Å². The second-order valence-electron chi connectivity index (χ2n) is 6.02. The standard InChI is InChI=1S/C14H26BNO2S/c1-5-7-8-10(3)16-12(17)9-11(13(16)18)19-14(4,15)6-2/h10-11H,5-9,15H2,1-4H3/t10-,11?,14?/m1/s1. The second kappa shape index (κ2) is 6.82. The van der Waals surface area contributed by atoms with Crippen molar-refractivity contribution in [3.63, 3.8) is 0 Å². The SMILES string of the molecule is BC(C)(CC)SC1CC(=O)N([C@H](C)CCCC)C1=O. The molecule has 1 heterocycles. The number of rotatable bonds is 7. The van der Waals surface area contributed by atoms with E-state index < -0.39 is 0 Å². The third-order valence-electron chi connectivity index (χ3n) is 3.87. The number of hydrogen-bond donors (Lipinski definition) is 0. The van der Waals surface area contributed by atoms with E-state index in [2.05, 4.69) is 28.6 Å². The van der Waals surface area contributed by atoms with E-state index in [0.29, 0.717) is 6.42 Å². The third kappa shape index (κ3) is 4.27.